The van der Waals surface area contributed by atoms with Crippen LogP contribution in [0, 0.1) is 11.7 Å². The third-order valence-electron chi connectivity index (χ3n) is 4.52. The number of fused-ring (bicyclic) bond motifs is 1. The van der Waals surface area contributed by atoms with Crippen LogP contribution >= 0.6 is 12.2 Å². The molecule has 0 atom stereocenters. The summed E-state index contributed by atoms with van der Waals surface area (Å²) in [6.45, 7) is 1.86. The fourth-order valence-corrected chi connectivity index (χ4v) is 4.10. The van der Waals surface area contributed by atoms with Crippen LogP contribution < -0.4 is 15.0 Å². The van der Waals surface area contributed by atoms with Crippen LogP contribution in [0.25, 0.3) is 22.3 Å². The Morgan fingerprint density at radius 2 is 1.68 bits per heavy atom. The van der Waals surface area contributed by atoms with Crippen LogP contribution in [0.3, 0.4) is 0 Å². The van der Waals surface area contributed by atoms with E-state index in [0.717, 1.165) is 5.56 Å². The van der Waals surface area contributed by atoms with Crippen molar-refractivity contribution in [3.8, 4) is 17.0 Å². The number of aromatic nitrogens is 4. The number of H-pyrrole nitrogens is 2. The maximum absolute atomic E-state index is 12.8. The molecule has 0 aliphatic rings. The lowest BCUT2D eigenvalue weighted by Crippen LogP contribution is -2.17. The van der Waals surface area contributed by atoms with Crippen LogP contribution in [-0.2, 0) is 10.0 Å². The van der Waals surface area contributed by atoms with Crippen molar-refractivity contribution >= 4 is 39.2 Å². The van der Waals surface area contributed by atoms with Crippen LogP contribution in [0.15, 0.2) is 58.2 Å². The molecule has 3 N–H and O–H groups in total. The summed E-state index contributed by atoms with van der Waals surface area (Å²) in [4.78, 5) is 26.4. The van der Waals surface area contributed by atoms with E-state index in [-0.39, 0.29) is 32.3 Å². The summed E-state index contributed by atoms with van der Waals surface area (Å²) in [5.41, 5.74) is 1.35. The summed E-state index contributed by atoms with van der Waals surface area (Å²) < 4.78 is 33.2. The second-order valence-electron chi connectivity index (χ2n) is 6.67. The van der Waals surface area contributed by atoms with Gasteiger partial charge in [0, 0.05) is 5.56 Å². The fraction of sp³-hybridized carbons (Fsp3) is 0.100. The van der Waals surface area contributed by atoms with Gasteiger partial charge >= 0.3 is 0 Å². The lowest BCUT2D eigenvalue weighted by atomic mass is 10.1. The number of nitrogens with zero attached hydrogens (tertiary/aromatic N) is 2. The molecule has 0 amide bonds. The van der Waals surface area contributed by atoms with E-state index in [4.69, 9.17) is 17.0 Å². The molecule has 0 spiro atoms. The Hall–Kier alpha value is -3.57. The highest BCUT2D eigenvalue weighted by atomic mass is 32.2. The van der Waals surface area contributed by atoms with Crippen LogP contribution in [0.4, 0.5) is 5.95 Å². The van der Waals surface area contributed by atoms with Gasteiger partial charge in [-0.25, -0.2) is 18.1 Å². The number of ether oxygens (including phenoxy) is 1. The second kappa shape index (κ2) is 7.93. The summed E-state index contributed by atoms with van der Waals surface area (Å²) in [6, 6.07) is 13.2. The summed E-state index contributed by atoms with van der Waals surface area (Å²) in [6.07, 6.45) is 0. The number of rotatable bonds is 5. The van der Waals surface area contributed by atoms with Crippen molar-refractivity contribution in [1.29, 1.82) is 0 Å². The summed E-state index contributed by atoms with van der Waals surface area (Å²) in [5, 5.41) is 0.150. The first-order valence-corrected chi connectivity index (χ1v) is 10.9. The molecule has 0 aliphatic heterocycles. The van der Waals surface area contributed by atoms with Crippen LogP contribution in [0.1, 0.15) is 5.56 Å². The highest BCUT2D eigenvalue weighted by Gasteiger charge is 2.19. The average Bonchev–Trinajstić information content (AvgIpc) is 2.73. The van der Waals surface area contributed by atoms with Crippen LogP contribution in [-0.4, -0.2) is 35.5 Å². The highest BCUT2D eigenvalue weighted by Crippen LogP contribution is 2.26. The molecule has 158 valence electrons. The number of anilines is 1. The van der Waals surface area contributed by atoms with Crippen molar-refractivity contribution in [3.05, 3.63) is 69.2 Å². The van der Waals surface area contributed by atoms with Gasteiger partial charge in [0.1, 0.15) is 11.1 Å². The minimum Gasteiger partial charge on any atom is -0.497 e. The maximum Gasteiger partial charge on any atom is 0.264 e. The Labute approximate surface area is 182 Å². The first-order chi connectivity index (χ1) is 14.8. The van der Waals surface area contributed by atoms with Crippen molar-refractivity contribution in [2.75, 3.05) is 11.8 Å². The number of benzene rings is 2. The van der Waals surface area contributed by atoms with Gasteiger partial charge in [-0.3, -0.25) is 9.78 Å². The molecule has 31 heavy (non-hydrogen) atoms. The van der Waals surface area contributed by atoms with Crippen LogP contribution in [0.2, 0.25) is 0 Å². The maximum atomic E-state index is 12.8. The molecule has 2 aromatic heterocycles. The lowest BCUT2D eigenvalue weighted by Gasteiger charge is -2.11. The quantitative estimate of drug-likeness (QED) is 0.394. The molecular formula is C20H17N5O4S2. The predicted molar refractivity (Wildman–Crippen MR) is 119 cm³/mol. The first-order valence-electron chi connectivity index (χ1n) is 9.05. The number of aryl methyl sites for hydroxylation is 1. The first kappa shape index (κ1) is 20.7. The van der Waals surface area contributed by atoms with E-state index in [9.17, 15) is 13.2 Å². The second-order valence-corrected chi connectivity index (χ2v) is 8.77. The van der Waals surface area contributed by atoms with Gasteiger partial charge in [-0.2, -0.15) is 4.98 Å². The standard InChI is InChI=1S/C20H17N5O4S2/c1-11-3-9-14(10-4-11)31(27,28)25-19-21-16(12-5-7-13(29-2)8-6-12)15-17(22-19)23-20(30)24-18(15)26/h3-10H,1-2H3,(H3,21,22,23,24,25,26,30). The monoisotopic (exact) mass is 455 g/mol. The summed E-state index contributed by atoms with van der Waals surface area (Å²) >= 11 is 5.03. The van der Waals surface area contributed by atoms with Crippen molar-refractivity contribution in [3.63, 3.8) is 0 Å². The van der Waals surface area contributed by atoms with Crippen LogP contribution in [0.5, 0.6) is 5.75 Å². The number of hydrogen-bond donors (Lipinski definition) is 3. The molecule has 9 nitrogen and oxygen atoms in total. The van der Waals surface area contributed by atoms with Gasteiger partial charge in [0.2, 0.25) is 5.95 Å². The molecule has 0 radical (unpaired) electrons. The SMILES string of the molecule is COc1ccc(-c2nc(NS(=O)(=O)c3ccc(C)cc3)nc3[nH]c(=S)[nH]c(=O)c23)cc1. The number of nitrogens with one attached hydrogen (secondary N) is 3. The fourth-order valence-electron chi connectivity index (χ4n) is 2.97. The number of aromatic amines is 2. The van der Waals surface area contributed by atoms with Crippen molar-refractivity contribution in [2.45, 2.75) is 11.8 Å². The van der Waals surface area contributed by atoms with Crippen molar-refractivity contribution in [2.24, 2.45) is 0 Å². The number of methoxy groups -OCH3 is 1. The van der Waals surface area contributed by atoms with Gasteiger partial charge in [-0.05, 0) is 55.5 Å². The largest absolute Gasteiger partial charge is 0.497 e. The zero-order valence-electron chi connectivity index (χ0n) is 16.5. The van der Waals surface area contributed by atoms with Gasteiger partial charge in [0.15, 0.2) is 10.4 Å². The molecule has 0 saturated carbocycles. The molecule has 0 fully saturated rings. The Bertz CT molecular complexity index is 1490. The minimum absolute atomic E-state index is 0.0595. The average molecular weight is 456 g/mol. The van der Waals surface area contributed by atoms with E-state index in [1.807, 2.05) is 6.92 Å². The molecular weight excluding hydrogens is 438 g/mol. The third kappa shape index (κ3) is 4.18. The van der Waals surface area contributed by atoms with E-state index < -0.39 is 15.6 Å². The van der Waals surface area contributed by atoms with Gasteiger partial charge in [0.05, 0.1) is 17.7 Å². The third-order valence-corrected chi connectivity index (χ3v) is 6.06. The number of sulfonamides is 1. The molecule has 4 aromatic rings. The van der Waals surface area contributed by atoms with Gasteiger partial charge < -0.3 is 9.72 Å². The Kier molecular flexibility index (Phi) is 5.29. The molecule has 0 unspecified atom stereocenters. The van der Waals surface area contributed by atoms with E-state index in [1.165, 1.54) is 19.2 Å². The summed E-state index contributed by atoms with van der Waals surface area (Å²) in [7, 11) is -2.41. The van der Waals surface area contributed by atoms with E-state index in [1.54, 1.807) is 36.4 Å². The normalized spacial score (nSPS) is 11.4. The molecule has 0 aliphatic carbocycles. The zero-order valence-corrected chi connectivity index (χ0v) is 18.1. The zero-order chi connectivity index (χ0) is 22.2. The Balaban J connectivity index is 1.89. The molecule has 0 saturated heterocycles. The molecule has 11 heteroatoms. The molecule has 4 rings (SSSR count). The predicted octanol–water partition coefficient (Wildman–Crippen LogP) is 3.16. The van der Waals surface area contributed by atoms with E-state index in [2.05, 4.69) is 24.7 Å². The Morgan fingerprint density at radius 3 is 2.32 bits per heavy atom. The smallest absolute Gasteiger partial charge is 0.264 e. The Morgan fingerprint density at radius 1 is 1.00 bits per heavy atom. The summed E-state index contributed by atoms with van der Waals surface area (Å²) in [5.74, 6) is 0.422. The van der Waals surface area contributed by atoms with Gasteiger partial charge in [-0.1, -0.05) is 17.7 Å². The van der Waals surface area contributed by atoms with E-state index in [0.29, 0.717) is 11.3 Å². The highest BCUT2D eigenvalue weighted by molar-refractivity contribution is 7.92. The lowest BCUT2D eigenvalue weighted by molar-refractivity contribution is 0.415. The minimum atomic E-state index is -3.95. The topological polar surface area (TPSA) is 130 Å². The van der Waals surface area contributed by atoms with Gasteiger partial charge in [0.25, 0.3) is 15.6 Å². The molecule has 0 bridgehead atoms. The van der Waals surface area contributed by atoms with Gasteiger partial charge in [-0.15, -0.1) is 0 Å². The molecule has 2 heterocycles. The van der Waals surface area contributed by atoms with Crippen molar-refractivity contribution < 1.29 is 13.2 Å². The molecule has 2 aromatic carbocycles. The van der Waals surface area contributed by atoms with E-state index >= 15 is 0 Å². The number of hydrogen-bond acceptors (Lipinski definition) is 7. The van der Waals surface area contributed by atoms with Crippen molar-refractivity contribution in [1.82, 2.24) is 19.9 Å².